The molecular formula is C13H18ClNO. The Morgan fingerprint density at radius 2 is 2.00 bits per heavy atom. The molecule has 0 atom stereocenters. The number of hydrogen-bond acceptors (Lipinski definition) is 2. The Bertz CT molecular complexity index is 405. The Balaban J connectivity index is 3.32. The van der Waals surface area contributed by atoms with Crippen molar-refractivity contribution < 1.29 is 5.11 Å². The molecule has 0 aromatic heterocycles. The van der Waals surface area contributed by atoms with E-state index >= 15 is 0 Å². The van der Waals surface area contributed by atoms with Crippen LogP contribution in [0.2, 0.25) is 5.02 Å². The van der Waals surface area contributed by atoms with E-state index in [1.54, 1.807) is 24.3 Å². The normalized spacial score (nSPS) is 12.3. The molecule has 88 valence electrons. The van der Waals surface area contributed by atoms with Crippen LogP contribution in [0.15, 0.2) is 18.2 Å². The molecule has 2 nitrogen and oxygen atoms in total. The Labute approximate surface area is 102 Å². The van der Waals surface area contributed by atoms with Gasteiger partial charge in [0, 0.05) is 22.7 Å². The summed E-state index contributed by atoms with van der Waals surface area (Å²) in [5.41, 5.74) is 6.80. The number of nitrogens with two attached hydrogens (primary N) is 1. The van der Waals surface area contributed by atoms with Gasteiger partial charge in [-0.2, -0.15) is 0 Å². The first-order valence-corrected chi connectivity index (χ1v) is 5.63. The van der Waals surface area contributed by atoms with Crippen molar-refractivity contribution in [2.45, 2.75) is 26.2 Å². The number of phenols is 1. The van der Waals surface area contributed by atoms with Crippen molar-refractivity contribution in [3.05, 3.63) is 34.4 Å². The summed E-state index contributed by atoms with van der Waals surface area (Å²) < 4.78 is 0. The molecule has 1 aromatic rings. The Morgan fingerprint density at radius 1 is 1.38 bits per heavy atom. The molecule has 0 saturated heterocycles. The molecule has 0 unspecified atom stereocenters. The molecule has 0 heterocycles. The van der Waals surface area contributed by atoms with Crippen molar-refractivity contribution in [1.29, 1.82) is 0 Å². The van der Waals surface area contributed by atoms with Gasteiger partial charge in [0.15, 0.2) is 0 Å². The average molecular weight is 240 g/mol. The van der Waals surface area contributed by atoms with Crippen molar-refractivity contribution in [2.75, 3.05) is 6.54 Å². The highest BCUT2D eigenvalue weighted by Crippen LogP contribution is 2.36. The largest absolute Gasteiger partial charge is 0.507 e. The number of halogens is 1. The molecule has 0 aliphatic heterocycles. The number of hydrogen-bond donors (Lipinski definition) is 2. The third-order valence-corrected chi connectivity index (χ3v) is 2.56. The second kappa shape index (κ2) is 4.89. The summed E-state index contributed by atoms with van der Waals surface area (Å²) in [6.45, 7) is 6.55. The Kier molecular flexibility index (Phi) is 4.00. The lowest BCUT2D eigenvalue weighted by molar-refractivity contribution is 0.445. The van der Waals surface area contributed by atoms with Crippen molar-refractivity contribution in [2.24, 2.45) is 5.73 Å². The van der Waals surface area contributed by atoms with Crippen LogP contribution in [-0.2, 0) is 5.41 Å². The van der Waals surface area contributed by atoms with E-state index in [9.17, 15) is 5.11 Å². The van der Waals surface area contributed by atoms with Gasteiger partial charge in [0.1, 0.15) is 5.75 Å². The highest BCUT2D eigenvalue weighted by Gasteiger charge is 2.20. The third kappa shape index (κ3) is 3.00. The summed E-state index contributed by atoms with van der Waals surface area (Å²) in [6, 6.07) is 3.54. The number of benzene rings is 1. The zero-order valence-electron chi connectivity index (χ0n) is 9.92. The van der Waals surface area contributed by atoms with Crippen LogP contribution < -0.4 is 5.73 Å². The molecule has 0 aliphatic carbocycles. The zero-order chi connectivity index (χ0) is 12.3. The van der Waals surface area contributed by atoms with Crippen molar-refractivity contribution in [3.8, 4) is 5.75 Å². The maximum atomic E-state index is 10.1. The van der Waals surface area contributed by atoms with E-state index in [1.807, 2.05) is 20.8 Å². The van der Waals surface area contributed by atoms with Crippen LogP contribution in [0.1, 0.15) is 31.9 Å². The van der Waals surface area contributed by atoms with Crippen LogP contribution in [0.25, 0.3) is 6.08 Å². The van der Waals surface area contributed by atoms with E-state index < -0.39 is 0 Å². The van der Waals surface area contributed by atoms with E-state index in [2.05, 4.69) is 0 Å². The first-order valence-electron chi connectivity index (χ1n) is 5.26. The molecule has 1 aromatic carbocycles. The molecule has 0 amide bonds. The first-order chi connectivity index (χ1) is 7.36. The van der Waals surface area contributed by atoms with Gasteiger partial charge in [0.05, 0.1) is 0 Å². The fourth-order valence-electron chi connectivity index (χ4n) is 1.51. The molecule has 0 fully saturated rings. The van der Waals surface area contributed by atoms with Gasteiger partial charge in [-0.1, -0.05) is 44.5 Å². The minimum atomic E-state index is -0.139. The average Bonchev–Trinajstić information content (AvgIpc) is 2.17. The van der Waals surface area contributed by atoms with Crippen molar-refractivity contribution >= 4 is 17.7 Å². The standard InChI is InChI=1S/C13H18ClNO/c1-13(2,3)11-8-10(14)7-9(12(11)16)5-4-6-15/h4-5,7-8,16H,6,15H2,1-3H3/b5-4+. The van der Waals surface area contributed by atoms with E-state index in [0.29, 0.717) is 17.1 Å². The summed E-state index contributed by atoms with van der Waals surface area (Å²) in [5.74, 6) is 0.279. The summed E-state index contributed by atoms with van der Waals surface area (Å²) in [6.07, 6.45) is 3.58. The second-order valence-electron chi connectivity index (χ2n) is 4.78. The highest BCUT2D eigenvalue weighted by atomic mass is 35.5. The Hall–Kier alpha value is -0.990. The monoisotopic (exact) mass is 239 g/mol. The molecule has 0 radical (unpaired) electrons. The minimum absolute atomic E-state index is 0.139. The van der Waals surface area contributed by atoms with Crippen LogP contribution in [0.3, 0.4) is 0 Å². The molecule has 3 heteroatoms. The van der Waals surface area contributed by atoms with Gasteiger partial charge in [-0.05, 0) is 17.5 Å². The molecule has 16 heavy (non-hydrogen) atoms. The molecule has 3 N–H and O–H groups in total. The lowest BCUT2D eigenvalue weighted by atomic mass is 9.85. The van der Waals surface area contributed by atoms with Gasteiger partial charge in [0.25, 0.3) is 0 Å². The van der Waals surface area contributed by atoms with Gasteiger partial charge in [-0.15, -0.1) is 0 Å². The fourth-order valence-corrected chi connectivity index (χ4v) is 1.74. The predicted molar refractivity (Wildman–Crippen MR) is 69.9 cm³/mol. The molecule has 0 bridgehead atoms. The van der Waals surface area contributed by atoms with Crippen LogP contribution >= 0.6 is 11.6 Å². The van der Waals surface area contributed by atoms with Crippen LogP contribution in [0.4, 0.5) is 0 Å². The van der Waals surface area contributed by atoms with Gasteiger partial charge in [-0.3, -0.25) is 0 Å². The van der Waals surface area contributed by atoms with Crippen molar-refractivity contribution in [1.82, 2.24) is 0 Å². The second-order valence-corrected chi connectivity index (χ2v) is 5.22. The summed E-state index contributed by atoms with van der Waals surface area (Å²) >= 11 is 6.03. The van der Waals surface area contributed by atoms with E-state index in [0.717, 1.165) is 5.56 Å². The van der Waals surface area contributed by atoms with Crippen molar-refractivity contribution in [3.63, 3.8) is 0 Å². The molecular weight excluding hydrogens is 222 g/mol. The number of phenolic OH excluding ortho intramolecular Hbond substituents is 1. The minimum Gasteiger partial charge on any atom is -0.507 e. The van der Waals surface area contributed by atoms with Crippen LogP contribution in [-0.4, -0.2) is 11.7 Å². The predicted octanol–water partition coefficient (Wildman–Crippen LogP) is 3.32. The topological polar surface area (TPSA) is 46.2 Å². The third-order valence-electron chi connectivity index (χ3n) is 2.35. The van der Waals surface area contributed by atoms with Gasteiger partial charge in [0.2, 0.25) is 0 Å². The van der Waals surface area contributed by atoms with Gasteiger partial charge >= 0.3 is 0 Å². The quantitative estimate of drug-likeness (QED) is 0.832. The lowest BCUT2D eigenvalue weighted by Gasteiger charge is -2.21. The van der Waals surface area contributed by atoms with Crippen LogP contribution in [0.5, 0.6) is 5.75 Å². The van der Waals surface area contributed by atoms with Gasteiger partial charge in [-0.25, -0.2) is 0 Å². The van der Waals surface area contributed by atoms with E-state index in [1.165, 1.54) is 0 Å². The molecule has 0 saturated carbocycles. The molecule has 0 spiro atoms. The SMILES string of the molecule is CC(C)(C)c1cc(Cl)cc(/C=C/CN)c1O. The smallest absolute Gasteiger partial charge is 0.126 e. The molecule has 0 aliphatic rings. The summed E-state index contributed by atoms with van der Waals surface area (Å²) in [4.78, 5) is 0. The maximum absolute atomic E-state index is 10.1. The maximum Gasteiger partial charge on any atom is 0.126 e. The summed E-state index contributed by atoms with van der Waals surface area (Å²) in [5, 5.41) is 10.7. The van der Waals surface area contributed by atoms with E-state index in [-0.39, 0.29) is 11.2 Å². The molecule has 1 rings (SSSR count). The first kappa shape index (κ1) is 13.1. The zero-order valence-corrected chi connectivity index (χ0v) is 10.7. The van der Waals surface area contributed by atoms with Gasteiger partial charge < -0.3 is 10.8 Å². The number of rotatable bonds is 2. The number of aromatic hydroxyl groups is 1. The van der Waals surface area contributed by atoms with Crippen LogP contribution in [0, 0.1) is 0 Å². The lowest BCUT2D eigenvalue weighted by Crippen LogP contribution is -2.11. The highest BCUT2D eigenvalue weighted by molar-refractivity contribution is 6.30. The summed E-state index contributed by atoms with van der Waals surface area (Å²) in [7, 11) is 0. The Morgan fingerprint density at radius 3 is 2.50 bits per heavy atom. The van der Waals surface area contributed by atoms with E-state index in [4.69, 9.17) is 17.3 Å². The fraction of sp³-hybridized carbons (Fsp3) is 0.385.